The van der Waals surface area contributed by atoms with Gasteiger partial charge in [0.25, 0.3) is 17.5 Å². The van der Waals surface area contributed by atoms with Crippen LogP contribution in [0.15, 0.2) is 66.7 Å². The van der Waals surface area contributed by atoms with Gasteiger partial charge in [-0.1, -0.05) is 59.7 Å². The maximum atomic E-state index is 12.8. The number of nitrogens with one attached hydrogen (secondary N) is 2. The van der Waals surface area contributed by atoms with Gasteiger partial charge in [0, 0.05) is 34.6 Å². The summed E-state index contributed by atoms with van der Waals surface area (Å²) in [6.45, 7) is 12.9. The van der Waals surface area contributed by atoms with Crippen LogP contribution in [-0.4, -0.2) is 23.3 Å². The first kappa shape index (κ1) is 29.4. The van der Waals surface area contributed by atoms with E-state index in [9.17, 15) is 19.7 Å². The smallest absolute Gasteiger partial charge is 0.269 e. The second-order valence-electron chi connectivity index (χ2n) is 10.9. The molecule has 0 aliphatic carbocycles. The van der Waals surface area contributed by atoms with E-state index in [1.165, 1.54) is 29.8 Å². The van der Waals surface area contributed by atoms with Gasteiger partial charge in [-0.2, -0.15) is 0 Å². The Morgan fingerprint density at radius 3 is 2.13 bits per heavy atom. The Balaban J connectivity index is 1.68. The minimum absolute atomic E-state index is 0.0320. The number of anilines is 2. The number of nitrogens with zero attached hydrogens (tertiary/aromatic N) is 1. The van der Waals surface area contributed by atoms with Crippen molar-refractivity contribution in [3.05, 3.63) is 93.5 Å². The minimum atomic E-state index is -0.505. The van der Waals surface area contributed by atoms with E-state index in [-0.39, 0.29) is 29.0 Å². The summed E-state index contributed by atoms with van der Waals surface area (Å²) in [5, 5.41) is 16.3. The summed E-state index contributed by atoms with van der Waals surface area (Å²) in [6, 6.07) is 18.3. The molecule has 39 heavy (non-hydrogen) atoms. The molecule has 0 aromatic heterocycles. The van der Waals surface area contributed by atoms with E-state index in [1.807, 2.05) is 6.07 Å². The summed E-state index contributed by atoms with van der Waals surface area (Å²) in [4.78, 5) is 35.7. The van der Waals surface area contributed by atoms with E-state index in [1.54, 1.807) is 24.3 Å². The van der Waals surface area contributed by atoms with Crippen molar-refractivity contribution < 1.29 is 19.2 Å². The van der Waals surface area contributed by atoms with Gasteiger partial charge in [0.2, 0.25) is 0 Å². The maximum absolute atomic E-state index is 12.8. The number of non-ortho nitro benzene ring substituents is 1. The molecule has 0 radical (unpaired) electrons. The van der Waals surface area contributed by atoms with Crippen molar-refractivity contribution in [1.29, 1.82) is 0 Å². The summed E-state index contributed by atoms with van der Waals surface area (Å²) in [5.41, 5.74) is 3.35. The number of ether oxygens (including phenoxy) is 1. The van der Waals surface area contributed by atoms with Gasteiger partial charge < -0.3 is 15.4 Å². The van der Waals surface area contributed by atoms with Gasteiger partial charge in [-0.3, -0.25) is 19.7 Å². The number of nitro groups is 1. The minimum Gasteiger partial charge on any atom is -0.483 e. The molecule has 3 aromatic carbocycles. The number of hydrogen-bond donors (Lipinski definition) is 2. The zero-order valence-electron chi connectivity index (χ0n) is 23.5. The Morgan fingerprint density at radius 1 is 0.846 bits per heavy atom. The summed E-state index contributed by atoms with van der Waals surface area (Å²) in [7, 11) is 0. The number of carbonyl (C=O) groups is 2. The first-order chi connectivity index (χ1) is 18.4. The van der Waals surface area contributed by atoms with Crippen LogP contribution >= 0.6 is 0 Å². The van der Waals surface area contributed by atoms with Crippen molar-refractivity contribution in [2.45, 2.75) is 65.2 Å². The van der Waals surface area contributed by atoms with Crippen LogP contribution < -0.4 is 15.4 Å². The molecule has 0 atom stereocenters. The average Bonchev–Trinajstić information content (AvgIpc) is 2.92. The Hall–Kier alpha value is -4.20. The standard InChI is InChI=1S/C31H37N3O5/c1-7-30(3,4)22-12-17-27(26(19-22)31(5,6)8-2)39-20-28(35)32-24-11-9-10-21(18-24)29(36)33-23-13-15-25(16-14-23)34(37)38/h9-19H,7-8,20H2,1-6H3,(H,32,35)(H,33,36). The molecule has 0 bridgehead atoms. The van der Waals surface area contributed by atoms with E-state index in [2.05, 4.69) is 64.3 Å². The molecule has 0 saturated heterocycles. The fourth-order valence-electron chi connectivity index (χ4n) is 3.95. The predicted molar refractivity (Wildman–Crippen MR) is 155 cm³/mol. The molecule has 8 heteroatoms. The van der Waals surface area contributed by atoms with E-state index >= 15 is 0 Å². The molecule has 0 heterocycles. The second kappa shape index (κ2) is 12.1. The average molecular weight is 532 g/mol. The van der Waals surface area contributed by atoms with Crippen LogP contribution in [0.4, 0.5) is 17.1 Å². The molecule has 0 aliphatic rings. The highest BCUT2D eigenvalue weighted by molar-refractivity contribution is 6.05. The lowest BCUT2D eigenvalue weighted by atomic mass is 9.76. The van der Waals surface area contributed by atoms with Crippen LogP contribution in [0.5, 0.6) is 5.75 Å². The van der Waals surface area contributed by atoms with E-state index in [4.69, 9.17) is 4.74 Å². The molecular formula is C31H37N3O5. The lowest BCUT2D eigenvalue weighted by molar-refractivity contribution is -0.384. The molecule has 2 amide bonds. The lowest BCUT2D eigenvalue weighted by Gasteiger charge is -2.30. The number of hydrogen-bond acceptors (Lipinski definition) is 5. The van der Waals surface area contributed by atoms with Crippen LogP contribution in [0.1, 0.15) is 75.9 Å². The van der Waals surface area contributed by atoms with Gasteiger partial charge in [-0.05, 0) is 65.6 Å². The SMILES string of the molecule is CCC(C)(C)c1ccc(OCC(=O)Nc2cccc(C(=O)Nc3ccc([N+](=O)[O-])cc3)c2)c(C(C)(C)CC)c1. The topological polar surface area (TPSA) is 111 Å². The lowest BCUT2D eigenvalue weighted by Crippen LogP contribution is -2.24. The molecule has 0 saturated carbocycles. The highest BCUT2D eigenvalue weighted by Gasteiger charge is 2.27. The summed E-state index contributed by atoms with van der Waals surface area (Å²) in [6.07, 6.45) is 1.92. The molecule has 8 nitrogen and oxygen atoms in total. The zero-order chi connectivity index (χ0) is 28.8. The fraction of sp³-hybridized carbons (Fsp3) is 0.355. The number of amides is 2. The molecular weight excluding hydrogens is 494 g/mol. The molecule has 0 spiro atoms. The van der Waals surface area contributed by atoms with Crippen molar-refractivity contribution in [3.8, 4) is 5.75 Å². The first-order valence-electron chi connectivity index (χ1n) is 13.1. The monoisotopic (exact) mass is 531 g/mol. The number of benzene rings is 3. The Bertz CT molecular complexity index is 1350. The summed E-state index contributed by atoms with van der Waals surface area (Å²) in [5.74, 6) is -0.0669. The third-order valence-electron chi connectivity index (χ3n) is 7.36. The quantitative estimate of drug-likeness (QED) is 0.200. The molecule has 3 aromatic rings. The molecule has 2 N–H and O–H groups in total. The summed E-state index contributed by atoms with van der Waals surface area (Å²) >= 11 is 0. The zero-order valence-corrected chi connectivity index (χ0v) is 23.5. The van der Waals surface area contributed by atoms with E-state index < -0.39 is 10.8 Å². The predicted octanol–water partition coefficient (Wildman–Crippen LogP) is 7.24. The Labute approximate surface area is 229 Å². The van der Waals surface area contributed by atoms with Crippen molar-refractivity contribution in [1.82, 2.24) is 0 Å². The second-order valence-corrected chi connectivity index (χ2v) is 10.9. The van der Waals surface area contributed by atoms with Crippen molar-refractivity contribution in [2.24, 2.45) is 0 Å². The van der Waals surface area contributed by atoms with Gasteiger partial charge in [0.05, 0.1) is 4.92 Å². The first-order valence-corrected chi connectivity index (χ1v) is 13.1. The van der Waals surface area contributed by atoms with Crippen molar-refractivity contribution >= 4 is 28.9 Å². The highest BCUT2D eigenvalue weighted by Crippen LogP contribution is 2.38. The highest BCUT2D eigenvalue weighted by atomic mass is 16.6. The van der Waals surface area contributed by atoms with E-state index in [0.717, 1.165) is 18.4 Å². The molecule has 3 rings (SSSR count). The molecule has 0 aliphatic heterocycles. The van der Waals surface area contributed by atoms with Crippen molar-refractivity contribution in [2.75, 3.05) is 17.2 Å². The third kappa shape index (κ3) is 7.44. The van der Waals surface area contributed by atoms with Crippen LogP contribution in [0.25, 0.3) is 0 Å². The Kier molecular flexibility index (Phi) is 9.11. The van der Waals surface area contributed by atoms with Crippen LogP contribution in [0, 0.1) is 10.1 Å². The summed E-state index contributed by atoms with van der Waals surface area (Å²) < 4.78 is 6.00. The van der Waals surface area contributed by atoms with Gasteiger partial charge in [-0.15, -0.1) is 0 Å². The molecule has 206 valence electrons. The molecule has 0 fully saturated rings. The number of rotatable bonds is 11. The van der Waals surface area contributed by atoms with Crippen LogP contribution in [-0.2, 0) is 15.6 Å². The van der Waals surface area contributed by atoms with Gasteiger partial charge in [-0.25, -0.2) is 0 Å². The maximum Gasteiger partial charge on any atom is 0.269 e. The van der Waals surface area contributed by atoms with Crippen LogP contribution in [0.2, 0.25) is 0 Å². The largest absolute Gasteiger partial charge is 0.483 e. The normalized spacial score (nSPS) is 11.5. The van der Waals surface area contributed by atoms with Crippen LogP contribution in [0.3, 0.4) is 0 Å². The van der Waals surface area contributed by atoms with E-state index in [0.29, 0.717) is 22.7 Å². The Morgan fingerprint density at radius 2 is 1.51 bits per heavy atom. The van der Waals surface area contributed by atoms with Crippen molar-refractivity contribution in [3.63, 3.8) is 0 Å². The fourth-order valence-corrected chi connectivity index (χ4v) is 3.95. The number of nitro benzene ring substituents is 1. The van der Waals surface area contributed by atoms with Gasteiger partial charge in [0.15, 0.2) is 6.61 Å². The van der Waals surface area contributed by atoms with Gasteiger partial charge >= 0.3 is 0 Å². The van der Waals surface area contributed by atoms with Gasteiger partial charge in [0.1, 0.15) is 5.75 Å². The number of carbonyl (C=O) groups excluding carboxylic acids is 2. The third-order valence-corrected chi connectivity index (χ3v) is 7.36. The molecule has 0 unspecified atom stereocenters.